The quantitative estimate of drug-likeness (QED) is 0.782. The van der Waals surface area contributed by atoms with E-state index >= 15 is 0 Å². The maximum Gasteiger partial charge on any atom is 0.125 e. The molecule has 0 saturated carbocycles. The van der Waals surface area contributed by atoms with Crippen LogP contribution in [-0.4, -0.2) is 25.0 Å². The minimum absolute atomic E-state index is 0.0677. The average molecular weight is 322 g/mol. The molecular formula is C18H22N6. The van der Waals surface area contributed by atoms with Gasteiger partial charge >= 0.3 is 0 Å². The number of rotatable bonds is 5. The number of aromatic nitrogens is 5. The number of hydrogen-bond donors (Lipinski definition) is 1. The summed E-state index contributed by atoms with van der Waals surface area (Å²) in [6, 6.07) is 10.2. The Morgan fingerprint density at radius 2 is 1.79 bits per heavy atom. The summed E-state index contributed by atoms with van der Waals surface area (Å²) in [5.74, 6) is 0.794. The molecule has 2 heterocycles. The van der Waals surface area contributed by atoms with E-state index in [4.69, 9.17) is 0 Å². The van der Waals surface area contributed by atoms with Gasteiger partial charge in [0.2, 0.25) is 0 Å². The minimum Gasteiger partial charge on any atom is -0.302 e. The normalized spacial score (nSPS) is 13.7. The van der Waals surface area contributed by atoms with Crippen molar-refractivity contribution in [3.05, 3.63) is 65.5 Å². The molecule has 0 spiro atoms. The molecule has 2 unspecified atom stereocenters. The van der Waals surface area contributed by atoms with Crippen LogP contribution in [0.25, 0.3) is 5.69 Å². The molecule has 0 bridgehead atoms. The molecule has 3 aromatic rings. The Kier molecular flexibility index (Phi) is 4.66. The van der Waals surface area contributed by atoms with Crippen molar-refractivity contribution >= 4 is 0 Å². The molecule has 2 aromatic heterocycles. The van der Waals surface area contributed by atoms with Crippen molar-refractivity contribution in [1.29, 1.82) is 0 Å². The van der Waals surface area contributed by atoms with Gasteiger partial charge in [-0.1, -0.05) is 23.4 Å². The molecule has 6 nitrogen and oxygen atoms in total. The Labute approximate surface area is 142 Å². The average Bonchev–Trinajstić information content (AvgIpc) is 3.05. The lowest BCUT2D eigenvalue weighted by Crippen LogP contribution is -2.24. The third-order valence-electron chi connectivity index (χ3n) is 4.08. The number of nitrogens with one attached hydrogen (secondary N) is 1. The van der Waals surface area contributed by atoms with Gasteiger partial charge < -0.3 is 5.32 Å². The SMILES string of the molecule is Cc1ncc(C(C)NC(C)c2cn(-c3ccccc3)nn2)c(C)n1. The van der Waals surface area contributed by atoms with Crippen molar-refractivity contribution in [2.75, 3.05) is 0 Å². The lowest BCUT2D eigenvalue weighted by Gasteiger charge is -2.19. The zero-order chi connectivity index (χ0) is 17.1. The summed E-state index contributed by atoms with van der Waals surface area (Å²) < 4.78 is 1.79. The molecule has 124 valence electrons. The van der Waals surface area contributed by atoms with Gasteiger partial charge in [0.1, 0.15) is 5.82 Å². The Bertz CT molecular complexity index is 811. The highest BCUT2D eigenvalue weighted by Gasteiger charge is 2.16. The molecule has 0 saturated heterocycles. The van der Waals surface area contributed by atoms with Crippen molar-refractivity contribution in [2.45, 2.75) is 39.8 Å². The topological polar surface area (TPSA) is 68.5 Å². The second-order valence-electron chi connectivity index (χ2n) is 5.99. The zero-order valence-electron chi connectivity index (χ0n) is 14.4. The molecule has 0 radical (unpaired) electrons. The summed E-state index contributed by atoms with van der Waals surface area (Å²) in [7, 11) is 0. The van der Waals surface area contributed by atoms with Crippen LogP contribution in [0.4, 0.5) is 0 Å². The van der Waals surface area contributed by atoms with Crippen LogP contribution in [0, 0.1) is 13.8 Å². The number of hydrogen-bond acceptors (Lipinski definition) is 5. The summed E-state index contributed by atoms with van der Waals surface area (Å²) in [5, 5.41) is 12.1. The van der Waals surface area contributed by atoms with E-state index in [0.29, 0.717) is 0 Å². The number of benzene rings is 1. The number of para-hydroxylation sites is 1. The van der Waals surface area contributed by atoms with Gasteiger partial charge in [0.05, 0.1) is 23.6 Å². The standard InChI is InChI=1S/C18H22N6/c1-12(17-10-19-15(4)21-13(17)2)20-14(3)18-11-24(23-22-18)16-8-6-5-7-9-16/h5-12,14,20H,1-4H3. The van der Waals surface area contributed by atoms with E-state index in [9.17, 15) is 0 Å². The fourth-order valence-corrected chi connectivity index (χ4v) is 2.75. The molecule has 3 rings (SSSR count). The van der Waals surface area contributed by atoms with Gasteiger partial charge in [-0.25, -0.2) is 14.6 Å². The summed E-state index contributed by atoms with van der Waals surface area (Å²) in [6.45, 7) is 8.11. The lowest BCUT2D eigenvalue weighted by atomic mass is 10.1. The van der Waals surface area contributed by atoms with Crippen molar-refractivity contribution in [3.63, 3.8) is 0 Å². The van der Waals surface area contributed by atoms with Crippen LogP contribution in [0.3, 0.4) is 0 Å². The van der Waals surface area contributed by atoms with Gasteiger partial charge in [-0.05, 0) is 39.8 Å². The van der Waals surface area contributed by atoms with Gasteiger partial charge in [-0.2, -0.15) is 0 Å². The molecule has 0 aliphatic heterocycles. The fourth-order valence-electron chi connectivity index (χ4n) is 2.75. The van der Waals surface area contributed by atoms with Crippen molar-refractivity contribution in [3.8, 4) is 5.69 Å². The Morgan fingerprint density at radius 1 is 1.04 bits per heavy atom. The van der Waals surface area contributed by atoms with Crippen molar-refractivity contribution in [2.24, 2.45) is 0 Å². The van der Waals surface area contributed by atoms with E-state index in [1.165, 1.54) is 0 Å². The first-order valence-corrected chi connectivity index (χ1v) is 8.08. The van der Waals surface area contributed by atoms with E-state index in [-0.39, 0.29) is 12.1 Å². The van der Waals surface area contributed by atoms with Crippen molar-refractivity contribution < 1.29 is 0 Å². The maximum absolute atomic E-state index is 4.44. The van der Waals surface area contributed by atoms with E-state index in [1.807, 2.05) is 56.6 Å². The van der Waals surface area contributed by atoms with Gasteiger partial charge in [0.15, 0.2) is 0 Å². The molecule has 0 fully saturated rings. The first-order chi connectivity index (χ1) is 11.5. The maximum atomic E-state index is 4.44. The Hall–Kier alpha value is -2.60. The van der Waals surface area contributed by atoms with Crippen LogP contribution >= 0.6 is 0 Å². The van der Waals surface area contributed by atoms with Gasteiger partial charge in [-0.3, -0.25) is 0 Å². The monoisotopic (exact) mass is 322 g/mol. The highest BCUT2D eigenvalue weighted by molar-refractivity contribution is 5.30. The first-order valence-electron chi connectivity index (χ1n) is 8.08. The molecule has 24 heavy (non-hydrogen) atoms. The predicted octanol–water partition coefficient (Wildman–Crippen LogP) is 3.09. The van der Waals surface area contributed by atoms with E-state index in [1.54, 1.807) is 4.68 Å². The molecule has 1 aromatic carbocycles. The Balaban J connectivity index is 1.73. The summed E-state index contributed by atoms with van der Waals surface area (Å²) in [4.78, 5) is 8.74. The predicted molar refractivity (Wildman–Crippen MR) is 92.8 cm³/mol. The van der Waals surface area contributed by atoms with Crippen LogP contribution in [0.5, 0.6) is 0 Å². The van der Waals surface area contributed by atoms with Crippen LogP contribution in [0.1, 0.15) is 48.7 Å². The van der Waals surface area contributed by atoms with Crippen molar-refractivity contribution in [1.82, 2.24) is 30.3 Å². The van der Waals surface area contributed by atoms with Crippen LogP contribution < -0.4 is 5.32 Å². The third-order valence-corrected chi connectivity index (χ3v) is 4.08. The zero-order valence-corrected chi connectivity index (χ0v) is 14.4. The highest BCUT2D eigenvalue weighted by Crippen LogP contribution is 2.20. The van der Waals surface area contributed by atoms with E-state index < -0.39 is 0 Å². The molecule has 2 atom stereocenters. The molecular weight excluding hydrogens is 300 g/mol. The first kappa shape index (κ1) is 16.3. The second kappa shape index (κ2) is 6.88. The summed E-state index contributed by atoms with van der Waals surface area (Å²) in [5.41, 5.74) is 4.00. The molecule has 0 amide bonds. The molecule has 0 aliphatic rings. The Morgan fingerprint density at radius 3 is 2.50 bits per heavy atom. The largest absolute Gasteiger partial charge is 0.302 e. The number of aryl methyl sites for hydroxylation is 2. The second-order valence-corrected chi connectivity index (χ2v) is 5.99. The molecule has 0 aliphatic carbocycles. The van der Waals surface area contributed by atoms with Crippen LogP contribution in [-0.2, 0) is 0 Å². The minimum atomic E-state index is 0.0677. The van der Waals surface area contributed by atoms with Gasteiger partial charge in [0, 0.05) is 23.5 Å². The van der Waals surface area contributed by atoms with E-state index in [2.05, 4.69) is 39.4 Å². The lowest BCUT2D eigenvalue weighted by molar-refractivity contribution is 0.481. The third kappa shape index (κ3) is 3.49. The smallest absolute Gasteiger partial charge is 0.125 e. The number of nitrogens with zero attached hydrogens (tertiary/aromatic N) is 5. The fraction of sp³-hybridized carbons (Fsp3) is 0.333. The van der Waals surface area contributed by atoms with E-state index in [0.717, 1.165) is 28.5 Å². The van der Waals surface area contributed by atoms with Crippen LogP contribution in [0.2, 0.25) is 0 Å². The summed E-state index contributed by atoms with van der Waals surface area (Å²) in [6.07, 6.45) is 3.85. The molecule has 1 N–H and O–H groups in total. The van der Waals surface area contributed by atoms with Gasteiger partial charge in [0.25, 0.3) is 0 Å². The summed E-state index contributed by atoms with van der Waals surface area (Å²) >= 11 is 0. The van der Waals surface area contributed by atoms with Crippen LogP contribution in [0.15, 0.2) is 42.7 Å². The van der Waals surface area contributed by atoms with Gasteiger partial charge in [-0.15, -0.1) is 5.10 Å². The highest BCUT2D eigenvalue weighted by atomic mass is 15.4. The molecule has 6 heteroatoms.